The lowest BCUT2D eigenvalue weighted by Crippen LogP contribution is -2.53. The number of methoxy groups -OCH3 is 1. The van der Waals surface area contributed by atoms with E-state index in [1.54, 1.807) is 36.4 Å². The molecule has 3 aromatic carbocycles. The topological polar surface area (TPSA) is 139 Å². The van der Waals surface area contributed by atoms with Crippen LogP contribution in [0.2, 0.25) is 5.02 Å². The summed E-state index contributed by atoms with van der Waals surface area (Å²) in [6.45, 7) is -0.865. The standard InChI is InChI=1S/C27H29ClN4O7S/c1-29-27(34)24(15-19-9-5-4-6-10-19)30(17-20-11-7-8-12-22(20)28)26(33)18-31(40(3,37)38)23-16-21(32(35)36)13-14-25(23)39-2/h4-14,16,24H,15,17-18H2,1-3H3,(H,29,34)/t24-/m0/s1. The number of carbonyl (C=O) groups is 2. The van der Waals surface area contributed by atoms with Crippen molar-refractivity contribution in [3.63, 3.8) is 0 Å². The molecule has 40 heavy (non-hydrogen) atoms. The van der Waals surface area contributed by atoms with Gasteiger partial charge in [-0.1, -0.05) is 60.1 Å². The molecule has 0 aromatic heterocycles. The van der Waals surface area contributed by atoms with E-state index in [9.17, 15) is 28.1 Å². The minimum Gasteiger partial charge on any atom is -0.495 e. The van der Waals surface area contributed by atoms with Crippen LogP contribution < -0.4 is 14.4 Å². The van der Waals surface area contributed by atoms with E-state index in [2.05, 4.69) is 5.32 Å². The van der Waals surface area contributed by atoms with Crippen molar-refractivity contribution in [2.75, 3.05) is 31.3 Å². The van der Waals surface area contributed by atoms with Crippen LogP contribution in [0.4, 0.5) is 11.4 Å². The zero-order valence-corrected chi connectivity index (χ0v) is 23.7. The van der Waals surface area contributed by atoms with Crippen molar-refractivity contribution in [2.24, 2.45) is 0 Å². The second-order valence-electron chi connectivity index (χ2n) is 8.82. The van der Waals surface area contributed by atoms with Crippen LogP contribution in [0.15, 0.2) is 72.8 Å². The van der Waals surface area contributed by atoms with E-state index in [1.807, 2.05) is 18.2 Å². The minimum absolute atomic E-state index is 0.00798. The molecule has 3 rings (SSSR count). The van der Waals surface area contributed by atoms with Crippen LogP contribution in [0.5, 0.6) is 5.75 Å². The number of nitro groups is 1. The summed E-state index contributed by atoms with van der Waals surface area (Å²) >= 11 is 6.39. The molecule has 0 unspecified atom stereocenters. The van der Waals surface area contributed by atoms with Crippen molar-refractivity contribution in [3.05, 3.63) is 99.1 Å². The Morgan fingerprint density at radius 2 is 1.73 bits per heavy atom. The molecule has 13 heteroatoms. The molecule has 0 heterocycles. The van der Waals surface area contributed by atoms with Gasteiger partial charge in [0.05, 0.1) is 18.3 Å². The molecule has 0 aliphatic carbocycles. The first kappa shape index (κ1) is 30.4. The van der Waals surface area contributed by atoms with Crippen molar-refractivity contribution in [1.82, 2.24) is 10.2 Å². The number of ether oxygens (including phenoxy) is 1. The van der Waals surface area contributed by atoms with Crippen molar-refractivity contribution < 1.29 is 27.7 Å². The second-order valence-corrected chi connectivity index (χ2v) is 11.1. The number of nitrogens with zero attached hydrogens (tertiary/aromatic N) is 3. The van der Waals surface area contributed by atoms with Crippen LogP contribution >= 0.6 is 11.6 Å². The van der Waals surface area contributed by atoms with E-state index >= 15 is 0 Å². The molecular formula is C27H29ClN4O7S. The van der Waals surface area contributed by atoms with Crippen LogP contribution in [0.1, 0.15) is 11.1 Å². The number of carbonyl (C=O) groups excluding carboxylic acids is 2. The molecule has 0 radical (unpaired) electrons. The molecule has 0 fully saturated rings. The fraction of sp³-hybridized carbons (Fsp3) is 0.259. The van der Waals surface area contributed by atoms with Crippen LogP contribution in [0.25, 0.3) is 0 Å². The highest BCUT2D eigenvalue weighted by molar-refractivity contribution is 7.92. The minimum atomic E-state index is -4.16. The van der Waals surface area contributed by atoms with Gasteiger partial charge in [0.1, 0.15) is 24.0 Å². The third-order valence-electron chi connectivity index (χ3n) is 6.14. The first-order chi connectivity index (χ1) is 19.0. The van der Waals surface area contributed by atoms with Crippen molar-refractivity contribution in [1.29, 1.82) is 0 Å². The maximum atomic E-state index is 14.0. The fourth-order valence-electron chi connectivity index (χ4n) is 4.11. The van der Waals surface area contributed by atoms with Gasteiger partial charge in [-0.3, -0.25) is 24.0 Å². The zero-order valence-electron chi connectivity index (χ0n) is 22.1. The van der Waals surface area contributed by atoms with Gasteiger partial charge in [-0.25, -0.2) is 8.42 Å². The Hall–Kier alpha value is -4.16. The van der Waals surface area contributed by atoms with Crippen LogP contribution in [0, 0.1) is 10.1 Å². The highest BCUT2D eigenvalue weighted by Gasteiger charge is 2.34. The van der Waals surface area contributed by atoms with Crippen LogP contribution in [-0.4, -0.2) is 63.1 Å². The molecule has 1 N–H and O–H groups in total. The average molecular weight is 589 g/mol. The summed E-state index contributed by atoms with van der Waals surface area (Å²) in [5, 5.41) is 14.4. The number of non-ortho nitro benzene ring substituents is 1. The molecule has 0 saturated heterocycles. The second kappa shape index (κ2) is 13.3. The van der Waals surface area contributed by atoms with E-state index in [1.165, 1.54) is 25.1 Å². The van der Waals surface area contributed by atoms with E-state index in [-0.39, 0.29) is 24.4 Å². The SMILES string of the molecule is CNC(=O)[C@H](Cc1ccccc1)N(Cc1ccccc1Cl)C(=O)CN(c1cc([N+](=O)[O-])ccc1OC)S(C)(=O)=O. The Balaban J connectivity index is 2.11. The number of anilines is 1. The number of likely N-dealkylation sites (N-methyl/N-ethyl adjacent to an activating group) is 1. The Morgan fingerprint density at radius 1 is 1.07 bits per heavy atom. The number of nitro benzene ring substituents is 1. The number of hydrogen-bond donors (Lipinski definition) is 1. The quantitative estimate of drug-likeness (QED) is 0.253. The number of benzene rings is 3. The Kier molecular flexibility index (Phi) is 10.1. The van der Waals surface area contributed by atoms with E-state index in [4.69, 9.17) is 16.3 Å². The van der Waals surface area contributed by atoms with Gasteiger partial charge in [-0.05, 0) is 23.3 Å². The summed E-state index contributed by atoms with van der Waals surface area (Å²) in [7, 11) is -1.44. The molecule has 0 saturated carbocycles. The number of nitrogens with one attached hydrogen (secondary N) is 1. The summed E-state index contributed by atoms with van der Waals surface area (Å²) in [6.07, 6.45) is 1.01. The average Bonchev–Trinajstić information content (AvgIpc) is 2.93. The monoisotopic (exact) mass is 588 g/mol. The smallest absolute Gasteiger partial charge is 0.271 e. The predicted molar refractivity (Wildman–Crippen MR) is 152 cm³/mol. The van der Waals surface area contributed by atoms with Gasteiger partial charge in [0.15, 0.2) is 0 Å². The molecule has 0 spiro atoms. The molecule has 3 aromatic rings. The van der Waals surface area contributed by atoms with Gasteiger partial charge < -0.3 is 15.0 Å². The number of hydrogen-bond acceptors (Lipinski definition) is 7. The lowest BCUT2D eigenvalue weighted by molar-refractivity contribution is -0.384. The summed E-state index contributed by atoms with van der Waals surface area (Å²) in [4.78, 5) is 39.1. The maximum Gasteiger partial charge on any atom is 0.271 e. The first-order valence-corrected chi connectivity index (χ1v) is 14.3. The fourth-order valence-corrected chi connectivity index (χ4v) is 5.15. The van der Waals surface area contributed by atoms with Gasteiger partial charge in [0, 0.05) is 37.2 Å². The third-order valence-corrected chi connectivity index (χ3v) is 7.63. The van der Waals surface area contributed by atoms with Crippen LogP contribution in [-0.2, 0) is 32.6 Å². The normalized spacial score (nSPS) is 11.8. The number of halogens is 1. The number of sulfonamides is 1. The highest BCUT2D eigenvalue weighted by Crippen LogP contribution is 2.34. The summed E-state index contributed by atoms with van der Waals surface area (Å²) < 4.78 is 31.8. The number of amides is 2. The lowest BCUT2D eigenvalue weighted by atomic mass is 10.0. The molecular weight excluding hydrogens is 560 g/mol. The Morgan fingerprint density at radius 3 is 2.30 bits per heavy atom. The number of rotatable bonds is 12. The van der Waals surface area contributed by atoms with Gasteiger partial charge in [0.2, 0.25) is 21.8 Å². The molecule has 0 aliphatic heterocycles. The summed E-state index contributed by atoms with van der Waals surface area (Å²) in [5.74, 6) is -1.19. The van der Waals surface area contributed by atoms with Gasteiger partial charge >= 0.3 is 0 Å². The Labute approximate surface area is 237 Å². The molecule has 0 aliphatic rings. The zero-order chi connectivity index (χ0) is 29.4. The van der Waals surface area contributed by atoms with Crippen molar-refractivity contribution in [2.45, 2.75) is 19.0 Å². The first-order valence-electron chi connectivity index (χ1n) is 12.0. The lowest BCUT2D eigenvalue weighted by Gasteiger charge is -2.33. The Bertz CT molecular complexity index is 1490. The van der Waals surface area contributed by atoms with E-state index in [0.29, 0.717) is 10.6 Å². The maximum absolute atomic E-state index is 14.0. The van der Waals surface area contributed by atoms with Gasteiger partial charge in [-0.15, -0.1) is 0 Å². The van der Waals surface area contributed by atoms with Gasteiger partial charge in [-0.2, -0.15) is 0 Å². The molecule has 212 valence electrons. The van der Waals surface area contributed by atoms with Crippen molar-refractivity contribution >= 4 is 44.8 Å². The summed E-state index contributed by atoms with van der Waals surface area (Å²) in [5.41, 5.74) is 0.730. The molecule has 0 bridgehead atoms. The molecule has 2 amide bonds. The highest BCUT2D eigenvalue weighted by atomic mass is 35.5. The van der Waals surface area contributed by atoms with Crippen molar-refractivity contribution in [3.8, 4) is 5.75 Å². The molecule has 11 nitrogen and oxygen atoms in total. The molecule has 1 atom stereocenters. The largest absolute Gasteiger partial charge is 0.495 e. The predicted octanol–water partition coefficient (Wildman–Crippen LogP) is 3.41. The summed E-state index contributed by atoms with van der Waals surface area (Å²) in [6, 6.07) is 18.2. The van der Waals surface area contributed by atoms with E-state index in [0.717, 1.165) is 28.3 Å². The van der Waals surface area contributed by atoms with Gasteiger partial charge in [0.25, 0.3) is 5.69 Å². The van der Waals surface area contributed by atoms with Crippen LogP contribution in [0.3, 0.4) is 0 Å². The van der Waals surface area contributed by atoms with E-state index < -0.39 is 45.0 Å². The third kappa shape index (κ3) is 7.48.